The molecule has 0 aliphatic carbocycles. The number of hydrogen-bond donors (Lipinski definition) is 0. The van der Waals surface area contributed by atoms with Gasteiger partial charge >= 0.3 is 0 Å². The molecule has 0 aromatic heterocycles. The fourth-order valence-electron chi connectivity index (χ4n) is 0.303. The van der Waals surface area contributed by atoms with E-state index < -0.39 is 0 Å². The van der Waals surface area contributed by atoms with Crippen molar-refractivity contribution in [2.45, 2.75) is 19.8 Å². The van der Waals surface area contributed by atoms with Gasteiger partial charge in [-0.2, -0.15) is 0 Å². The van der Waals surface area contributed by atoms with Crippen LogP contribution in [0, 0.1) is 7.11 Å². The summed E-state index contributed by atoms with van der Waals surface area (Å²) >= 11 is 0. The van der Waals surface area contributed by atoms with E-state index in [0.29, 0.717) is 0 Å². The van der Waals surface area contributed by atoms with Crippen molar-refractivity contribution in [1.29, 1.82) is 0 Å². The molecular formula is C6H11O. The van der Waals surface area contributed by atoms with Crippen LogP contribution in [0.5, 0.6) is 0 Å². The lowest BCUT2D eigenvalue weighted by atomic mass is 10.3. The highest BCUT2D eigenvalue weighted by atomic mass is 16.5. The Balaban J connectivity index is 2.78. The van der Waals surface area contributed by atoms with Crippen molar-refractivity contribution in [1.82, 2.24) is 0 Å². The van der Waals surface area contributed by atoms with E-state index in [1.54, 1.807) is 6.26 Å². The Morgan fingerprint density at radius 3 is 2.86 bits per heavy atom. The van der Waals surface area contributed by atoms with E-state index in [4.69, 9.17) is 0 Å². The number of hydrogen-bond acceptors (Lipinski definition) is 1. The molecule has 0 unspecified atom stereocenters. The zero-order valence-corrected chi connectivity index (χ0v) is 4.68. The van der Waals surface area contributed by atoms with E-state index in [1.165, 1.54) is 6.42 Å². The third-order valence-corrected chi connectivity index (χ3v) is 0.648. The molecule has 0 aliphatic rings. The summed E-state index contributed by atoms with van der Waals surface area (Å²) in [7, 11) is 3.17. The Bertz CT molecular complexity index is 48.1. The van der Waals surface area contributed by atoms with Crippen LogP contribution in [-0.2, 0) is 4.74 Å². The summed E-state index contributed by atoms with van der Waals surface area (Å²) in [5.74, 6) is 0. The lowest BCUT2D eigenvalue weighted by molar-refractivity contribution is 0.392. The molecule has 0 N–H and O–H groups in total. The maximum atomic E-state index is 4.41. The quantitative estimate of drug-likeness (QED) is 0.492. The average molecular weight is 99.2 g/mol. The third-order valence-electron chi connectivity index (χ3n) is 0.648. The number of rotatable bonds is 3. The van der Waals surface area contributed by atoms with Gasteiger partial charge in [0.15, 0.2) is 0 Å². The SMILES string of the molecule is [CH2]OC=CCCC. The van der Waals surface area contributed by atoms with Crippen LogP contribution < -0.4 is 0 Å². The second-order valence-corrected chi connectivity index (χ2v) is 1.33. The van der Waals surface area contributed by atoms with Gasteiger partial charge in [-0.3, -0.25) is 0 Å². The molecule has 0 saturated carbocycles. The van der Waals surface area contributed by atoms with Crippen molar-refractivity contribution in [3.63, 3.8) is 0 Å². The summed E-state index contributed by atoms with van der Waals surface area (Å²) in [5.41, 5.74) is 0. The first-order chi connectivity index (χ1) is 3.41. The molecule has 0 bridgehead atoms. The lowest BCUT2D eigenvalue weighted by Crippen LogP contribution is -1.62. The highest BCUT2D eigenvalue weighted by molar-refractivity contribution is 4.71. The molecule has 0 saturated heterocycles. The molecule has 0 fully saturated rings. The summed E-state index contributed by atoms with van der Waals surface area (Å²) in [5, 5.41) is 0. The summed E-state index contributed by atoms with van der Waals surface area (Å²) in [6.45, 7) is 2.12. The molecular weight excluding hydrogens is 88.1 g/mol. The average Bonchev–Trinajstić information content (AvgIpc) is 1.69. The van der Waals surface area contributed by atoms with Crippen molar-refractivity contribution in [2.75, 3.05) is 0 Å². The topological polar surface area (TPSA) is 9.23 Å². The van der Waals surface area contributed by atoms with Crippen molar-refractivity contribution in [3.05, 3.63) is 19.4 Å². The minimum absolute atomic E-state index is 1.08. The second-order valence-electron chi connectivity index (χ2n) is 1.33. The molecule has 0 aromatic carbocycles. The van der Waals surface area contributed by atoms with E-state index in [1.807, 2.05) is 6.08 Å². The second kappa shape index (κ2) is 5.54. The Labute approximate surface area is 45.0 Å². The van der Waals surface area contributed by atoms with Gasteiger partial charge < -0.3 is 4.74 Å². The molecule has 0 heterocycles. The zero-order chi connectivity index (χ0) is 5.54. The molecule has 1 nitrogen and oxygen atoms in total. The van der Waals surface area contributed by atoms with Crippen LogP contribution in [0.1, 0.15) is 19.8 Å². The molecule has 1 radical (unpaired) electrons. The Kier molecular flexibility index (Phi) is 5.18. The van der Waals surface area contributed by atoms with Gasteiger partial charge in [-0.25, -0.2) is 0 Å². The normalized spacial score (nSPS) is 10.0. The van der Waals surface area contributed by atoms with Crippen LogP contribution in [0.25, 0.3) is 0 Å². The Morgan fingerprint density at radius 2 is 2.43 bits per heavy atom. The maximum absolute atomic E-state index is 4.41. The summed E-state index contributed by atoms with van der Waals surface area (Å²) in [6, 6.07) is 0. The smallest absolute Gasteiger partial charge is 0.121 e. The molecule has 41 valence electrons. The predicted molar refractivity (Wildman–Crippen MR) is 30.5 cm³/mol. The molecule has 0 atom stereocenters. The molecule has 0 rings (SSSR count). The lowest BCUT2D eigenvalue weighted by Gasteiger charge is -1.83. The van der Waals surface area contributed by atoms with Crippen molar-refractivity contribution < 1.29 is 4.74 Å². The molecule has 0 aromatic rings. The van der Waals surface area contributed by atoms with E-state index in [-0.39, 0.29) is 0 Å². The van der Waals surface area contributed by atoms with Crippen molar-refractivity contribution in [2.24, 2.45) is 0 Å². The van der Waals surface area contributed by atoms with Gasteiger partial charge in [0, 0.05) is 0 Å². The zero-order valence-electron chi connectivity index (χ0n) is 4.68. The van der Waals surface area contributed by atoms with Crippen LogP contribution in [0.2, 0.25) is 0 Å². The van der Waals surface area contributed by atoms with Gasteiger partial charge in [-0.05, 0) is 12.5 Å². The predicted octanol–water partition coefficient (Wildman–Crippen LogP) is 2.11. The van der Waals surface area contributed by atoms with Gasteiger partial charge in [0.25, 0.3) is 0 Å². The number of unbranched alkanes of at least 4 members (excludes halogenated alkanes) is 1. The standard InChI is InChI=1S/C6H11O/c1-3-4-5-6-7-2/h5-6H,2-4H2,1H3. The number of ether oxygens (including phenoxy) is 1. The van der Waals surface area contributed by atoms with Gasteiger partial charge in [0.2, 0.25) is 0 Å². The summed E-state index contributed by atoms with van der Waals surface area (Å²) < 4.78 is 4.41. The van der Waals surface area contributed by atoms with Gasteiger partial charge in [0.1, 0.15) is 7.11 Å². The molecule has 0 spiro atoms. The first-order valence-electron chi connectivity index (χ1n) is 2.47. The van der Waals surface area contributed by atoms with Crippen molar-refractivity contribution in [3.8, 4) is 0 Å². The molecule has 0 aliphatic heterocycles. The van der Waals surface area contributed by atoms with Crippen LogP contribution in [0.4, 0.5) is 0 Å². The van der Waals surface area contributed by atoms with Crippen molar-refractivity contribution >= 4 is 0 Å². The van der Waals surface area contributed by atoms with E-state index in [0.717, 1.165) is 6.42 Å². The van der Waals surface area contributed by atoms with Gasteiger partial charge in [-0.15, -0.1) is 0 Å². The third kappa shape index (κ3) is 5.54. The van der Waals surface area contributed by atoms with E-state index in [9.17, 15) is 0 Å². The van der Waals surface area contributed by atoms with E-state index >= 15 is 0 Å². The first kappa shape index (κ1) is 6.54. The first-order valence-corrected chi connectivity index (χ1v) is 2.47. The largest absolute Gasteiger partial charge is 0.498 e. The fraction of sp³-hybridized carbons (Fsp3) is 0.500. The minimum atomic E-state index is 1.08. The summed E-state index contributed by atoms with van der Waals surface area (Å²) in [4.78, 5) is 0. The maximum Gasteiger partial charge on any atom is 0.121 e. The van der Waals surface area contributed by atoms with Crippen LogP contribution >= 0.6 is 0 Å². The summed E-state index contributed by atoms with van der Waals surface area (Å²) in [6.07, 6.45) is 5.80. The Hall–Kier alpha value is -0.460. The minimum Gasteiger partial charge on any atom is -0.498 e. The highest BCUT2D eigenvalue weighted by Gasteiger charge is 1.68. The van der Waals surface area contributed by atoms with Crippen LogP contribution in [-0.4, -0.2) is 0 Å². The van der Waals surface area contributed by atoms with E-state index in [2.05, 4.69) is 18.8 Å². The molecule has 7 heavy (non-hydrogen) atoms. The monoisotopic (exact) mass is 99.1 g/mol. The molecule has 1 heteroatoms. The number of allylic oxidation sites excluding steroid dienone is 1. The van der Waals surface area contributed by atoms with Gasteiger partial charge in [0.05, 0.1) is 6.26 Å². The van der Waals surface area contributed by atoms with Crippen LogP contribution in [0.15, 0.2) is 12.3 Å². The van der Waals surface area contributed by atoms with Crippen LogP contribution in [0.3, 0.4) is 0 Å². The Morgan fingerprint density at radius 1 is 1.71 bits per heavy atom. The fourth-order valence-corrected chi connectivity index (χ4v) is 0.303. The highest BCUT2D eigenvalue weighted by Crippen LogP contribution is 1.87. The molecule has 0 amide bonds. The van der Waals surface area contributed by atoms with Gasteiger partial charge in [-0.1, -0.05) is 13.3 Å².